The van der Waals surface area contributed by atoms with Crippen molar-refractivity contribution in [3.05, 3.63) is 0 Å². The summed E-state index contributed by atoms with van der Waals surface area (Å²) in [5.41, 5.74) is 0. The van der Waals surface area contributed by atoms with E-state index in [1.165, 1.54) is 13.8 Å². The maximum absolute atomic E-state index is 9.17. The van der Waals surface area contributed by atoms with Crippen LogP contribution in [0.2, 0.25) is 0 Å². The lowest BCUT2D eigenvalue weighted by molar-refractivity contribution is -0.168. The lowest BCUT2D eigenvalue weighted by Gasteiger charge is -2.20. The molecule has 2 rings (SSSR count). The minimum absolute atomic E-state index is 0.00299. The van der Waals surface area contributed by atoms with Gasteiger partial charge >= 0.3 is 0 Å². The summed E-state index contributed by atoms with van der Waals surface area (Å²) in [6, 6.07) is 0. The molecule has 0 saturated carbocycles. The van der Waals surface area contributed by atoms with Crippen molar-refractivity contribution in [2.24, 2.45) is 0 Å². The molecule has 3 atom stereocenters. The highest BCUT2D eigenvalue weighted by Gasteiger charge is 2.40. The van der Waals surface area contributed by atoms with Crippen molar-refractivity contribution < 1.29 is 29.5 Å². The van der Waals surface area contributed by atoms with E-state index in [1.807, 2.05) is 13.8 Å². The molecule has 3 unspecified atom stereocenters. The van der Waals surface area contributed by atoms with Crippen molar-refractivity contribution in [1.29, 1.82) is 0 Å². The van der Waals surface area contributed by atoms with Gasteiger partial charge in [0, 0.05) is 6.42 Å². The maximum atomic E-state index is 9.17. The Balaban J connectivity index is 0.000000280. The lowest BCUT2D eigenvalue weighted by Crippen LogP contribution is -2.30. The number of aliphatic hydroxyl groups is 3. The minimum Gasteiger partial charge on any atom is -0.368 e. The van der Waals surface area contributed by atoms with Crippen molar-refractivity contribution >= 4 is 0 Å². The third-order valence-corrected chi connectivity index (χ3v) is 2.48. The van der Waals surface area contributed by atoms with Gasteiger partial charge in [-0.25, -0.2) is 0 Å². The van der Waals surface area contributed by atoms with E-state index in [1.54, 1.807) is 0 Å². The van der Waals surface area contributed by atoms with Crippen LogP contribution in [0.25, 0.3) is 0 Å². The Hall–Kier alpha value is -0.240. The van der Waals surface area contributed by atoms with Crippen LogP contribution in [-0.4, -0.2) is 52.0 Å². The number of aliphatic hydroxyl groups excluding tert-OH is 1. The molecule has 2 saturated heterocycles. The van der Waals surface area contributed by atoms with Gasteiger partial charge in [0.05, 0.1) is 12.7 Å². The summed E-state index contributed by atoms with van der Waals surface area (Å²) in [7, 11) is 0. The highest BCUT2D eigenvalue weighted by Crippen LogP contribution is 2.30. The Bertz CT molecular complexity index is 254. The first-order valence-electron chi connectivity index (χ1n) is 6.17. The second kappa shape index (κ2) is 5.81. The van der Waals surface area contributed by atoms with Gasteiger partial charge in [0.25, 0.3) is 0 Å². The fourth-order valence-corrected chi connectivity index (χ4v) is 1.82. The Morgan fingerprint density at radius 3 is 2.00 bits per heavy atom. The summed E-state index contributed by atoms with van der Waals surface area (Å²) in [5, 5.41) is 25.3. The molecule has 6 heteroatoms. The third kappa shape index (κ3) is 6.08. The van der Waals surface area contributed by atoms with Crippen molar-refractivity contribution in [3.8, 4) is 0 Å². The molecular weight excluding hydrogens is 240 g/mol. The zero-order valence-corrected chi connectivity index (χ0v) is 11.4. The highest BCUT2D eigenvalue weighted by molar-refractivity contribution is 4.82. The van der Waals surface area contributed by atoms with Gasteiger partial charge in [-0.1, -0.05) is 0 Å². The molecule has 2 aliphatic rings. The van der Waals surface area contributed by atoms with Gasteiger partial charge in [0.1, 0.15) is 6.10 Å². The Labute approximate surface area is 107 Å². The SMILES string of the molecule is CC(C)(O)O.CC1(C)OCC(C2CCC(O)O2)O1. The average Bonchev–Trinajstić information content (AvgIpc) is 2.69. The lowest BCUT2D eigenvalue weighted by atomic mass is 10.1. The zero-order chi connectivity index (χ0) is 14.0. The van der Waals surface area contributed by atoms with Gasteiger partial charge in [-0.3, -0.25) is 0 Å². The van der Waals surface area contributed by atoms with Crippen LogP contribution in [0, 0.1) is 0 Å². The Morgan fingerprint density at radius 1 is 1.11 bits per heavy atom. The summed E-state index contributed by atoms with van der Waals surface area (Å²) < 4.78 is 16.3. The van der Waals surface area contributed by atoms with Crippen LogP contribution in [0.4, 0.5) is 0 Å². The molecule has 0 aliphatic carbocycles. The predicted octanol–water partition coefficient (Wildman–Crippen LogP) is 0.342. The average molecular weight is 264 g/mol. The summed E-state index contributed by atoms with van der Waals surface area (Å²) in [4.78, 5) is 0. The first-order chi connectivity index (χ1) is 8.07. The van der Waals surface area contributed by atoms with Gasteiger partial charge in [0.15, 0.2) is 17.9 Å². The minimum atomic E-state index is -1.50. The van der Waals surface area contributed by atoms with Gasteiger partial charge in [-0.2, -0.15) is 0 Å². The largest absolute Gasteiger partial charge is 0.368 e. The standard InChI is InChI=1S/C9H16O4.C3H8O2/c1-9(2)11-5-7(13-9)6-3-4-8(10)12-6;1-3(2,4)5/h6-8,10H,3-5H2,1-2H3;4-5H,1-2H3. The molecule has 0 bridgehead atoms. The molecule has 0 spiro atoms. The monoisotopic (exact) mass is 264 g/mol. The van der Waals surface area contributed by atoms with Gasteiger partial charge in [-0.15, -0.1) is 0 Å². The van der Waals surface area contributed by atoms with E-state index < -0.39 is 17.9 Å². The molecule has 108 valence electrons. The zero-order valence-electron chi connectivity index (χ0n) is 11.4. The first kappa shape index (κ1) is 15.8. The van der Waals surface area contributed by atoms with Crippen LogP contribution < -0.4 is 0 Å². The molecule has 3 N–H and O–H groups in total. The van der Waals surface area contributed by atoms with Crippen LogP contribution in [-0.2, 0) is 14.2 Å². The molecule has 0 aromatic heterocycles. The highest BCUT2D eigenvalue weighted by atomic mass is 16.8. The second-order valence-corrected chi connectivity index (χ2v) is 5.57. The fraction of sp³-hybridized carbons (Fsp3) is 1.00. The van der Waals surface area contributed by atoms with Crippen LogP contribution in [0.3, 0.4) is 0 Å². The van der Waals surface area contributed by atoms with E-state index in [0.29, 0.717) is 13.0 Å². The van der Waals surface area contributed by atoms with E-state index in [9.17, 15) is 5.11 Å². The van der Waals surface area contributed by atoms with E-state index in [0.717, 1.165) is 6.42 Å². The quantitative estimate of drug-likeness (QED) is 0.592. The topological polar surface area (TPSA) is 88.4 Å². The van der Waals surface area contributed by atoms with Crippen molar-refractivity contribution in [2.45, 2.75) is 70.6 Å². The van der Waals surface area contributed by atoms with Gasteiger partial charge in [-0.05, 0) is 34.1 Å². The first-order valence-corrected chi connectivity index (χ1v) is 6.17. The molecule has 6 nitrogen and oxygen atoms in total. The molecule has 2 heterocycles. The number of hydrogen-bond acceptors (Lipinski definition) is 6. The summed E-state index contributed by atoms with van der Waals surface area (Å²) in [6.07, 6.45) is 0.914. The fourth-order valence-electron chi connectivity index (χ4n) is 1.82. The van der Waals surface area contributed by atoms with Crippen LogP contribution in [0.1, 0.15) is 40.5 Å². The van der Waals surface area contributed by atoms with Crippen LogP contribution >= 0.6 is 0 Å². The number of rotatable bonds is 1. The Kier molecular flexibility index (Phi) is 5.11. The van der Waals surface area contributed by atoms with Crippen molar-refractivity contribution in [2.75, 3.05) is 6.61 Å². The van der Waals surface area contributed by atoms with E-state index in [-0.39, 0.29) is 12.2 Å². The number of ether oxygens (including phenoxy) is 3. The molecule has 2 aliphatic heterocycles. The summed E-state index contributed by atoms with van der Waals surface area (Å²) >= 11 is 0. The maximum Gasteiger partial charge on any atom is 0.163 e. The summed E-state index contributed by atoms with van der Waals surface area (Å²) in [5.74, 6) is -2.00. The third-order valence-electron chi connectivity index (χ3n) is 2.48. The molecule has 2 fully saturated rings. The van der Waals surface area contributed by atoms with Crippen molar-refractivity contribution in [3.63, 3.8) is 0 Å². The predicted molar refractivity (Wildman–Crippen MR) is 63.5 cm³/mol. The van der Waals surface area contributed by atoms with Gasteiger partial charge in [0.2, 0.25) is 0 Å². The molecular formula is C12H24O6. The molecule has 0 aromatic carbocycles. The normalized spacial score (nSPS) is 35.2. The molecule has 0 amide bonds. The van der Waals surface area contributed by atoms with Crippen LogP contribution in [0.5, 0.6) is 0 Å². The molecule has 0 aromatic rings. The second-order valence-electron chi connectivity index (χ2n) is 5.57. The smallest absolute Gasteiger partial charge is 0.163 e. The van der Waals surface area contributed by atoms with E-state index in [4.69, 9.17) is 24.4 Å². The summed E-state index contributed by atoms with van der Waals surface area (Å²) in [6.45, 7) is 6.93. The van der Waals surface area contributed by atoms with E-state index >= 15 is 0 Å². The van der Waals surface area contributed by atoms with Crippen LogP contribution in [0.15, 0.2) is 0 Å². The van der Waals surface area contributed by atoms with E-state index in [2.05, 4.69) is 0 Å². The number of hydrogen-bond donors (Lipinski definition) is 3. The van der Waals surface area contributed by atoms with Crippen molar-refractivity contribution in [1.82, 2.24) is 0 Å². The molecule has 18 heavy (non-hydrogen) atoms. The van der Waals surface area contributed by atoms with Gasteiger partial charge < -0.3 is 29.5 Å². The molecule has 0 radical (unpaired) electrons. The Morgan fingerprint density at radius 2 is 1.67 bits per heavy atom.